The summed E-state index contributed by atoms with van der Waals surface area (Å²) in [5.41, 5.74) is 2.54. The van der Waals surface area contributed by atoms with Crippen LogP contribution in [0.3, 0.4) is 0 Å². The normalized spacial score (nSPS) is 25.9. The molecule has 0 bridgehead atoms. The highest BCUT2D eigenvalue weighted by molar-refractivity contribution is 8.00. The summed E-state index contributed by atoms with van der Waals surface area (Å²) in [6.07, 6.45) is -3.33. The van der Waals surface area contributed by atoms with Crippen LogP contribution in [0, 0.1) is 0 Å². The molecule has 12 heteroatoms. The molecule has 1 aromatic rings. The molecule has 2 aliphatic heterocycles. The second-order valence-electron chi connectivity index (χ2n) is 8.32. The zero-order valence-corrected chi connectivity index (χ0v) is 20.8. The lowest BCUT2D eigenvalue weighted by Crippen LogP contribution is -2.67. The van der Waals surface area contributed by atoms with E-state index in [9.17, 15) is 24.0 Å². The van der Waals surface area contributed by atoms with Gasteiger partial charge in [0.1, 0.15) is 24.2 Å². The maximum absolute atomic E-state index is 13.0. The third-order valence-corrected chi connectivity index (χ3v) is 6.40. The van der Waals surface area contributed by atoms with E-state index in [1.165, 1.54) is 44.7 Å². The first-order valence-corrected chi connectivity index (χ1v) is 12.0. The van der Waals surface area contributed by atoms with Gasteiger partial charge in [-0.25, -0.2) is 10.4 Å². The van der Waals surface area contributed by atoms with Crippen LogP contribution < -0.4 is 5.43 Å². The van der Waals surface area contributed by atoms with Crippen molar-refractivity contribution >= 4 is 41.5 Å². The Hall–Kier alpha value is -2.96. The first kappa shape index (κ1) is 26.6. The first-order valence-electron chi connectivity index (χ1n) is 11.0. The lowest BCUT2D eigenvalue weighted by atomic mass is 9.97. The summed E-state index contributed by atoms with van der Waals surface area (Å²) in [6.45, 7) is 7.14. The van der Waals surface area contributed by atoms with Gasteiger partial charge in [-0.3, -0.25) is 24.0 Å². The first-order chi connectivity index (χ1) is 16.5. The fourth-order valence-corrected chi connectivity index (χ4v) is 5.01. The van der Waals surface area contributed by atoms with Crippen molar-refractivity contribution in [2.24, 2.45) is 0 Å². The Bertz CT molecular complexity index is 979. The van der Waals surface area contributed by atoms with E-state index >= 15 is 0 Å². The Morgan fingerprint density at radius 3 is 2.00 bits per heavy atom. The van der Waals surface area contributed by atoms with E-state index in [1.54, 1.807) is 12.1 Å². The fraction of sp³-hybridized carbons (Fsp3) is 0.522. The maximum Gasteiger partial charge on any atom is 0.303 e. The molecule has 2 amide bonds. The molecule has 2 heterocycles. The number of imide groups is 1. The van der Waals surface area contributed by atoms with Gasteiger partial charge in [0.05, 0.1) is 11.1 Å². The topological polar surface area (TPSA) is 138 Å². The quantitative estimate of drug-likeness (QED) is 0.310. The second-order valence-corrected chi connectivity index (χ2v) is 10.0. The number of carbonyl (C=O) groups is 5. The van der Waals surface area contributed by atoms with Crippen molar-refractivity contribution in [3.8, 4) is 0 Å². The second kappa shape index (κ2) is 11.2. The fourth-order valence-electron chi connectivity index (χ4n) is 3.88. The van der Waals surface area contributed by atoms with Crippen LogP contribution in [0.1, 0.15) is 55.3 Å². The number of nitrogens with one attached hydrogen (secondary N) is 1. The number of esters is 3. The third kappa shape index (κ3) is 6.19. The Morgan fingerprint density at radius 1 is 0.971 bits per heavy atom. The van der Waals surface area contributed by atoms with Gasteiger partial charge < -0.3 is 18.9 Å². The summed E-state index contributed by atoms with van der Waals surface area (Å²) in [5, 5.41) is 0.865. The molecule has 5 atom stereocenters. The van der Waals surface area contributed by atoms with Gasteiger partial charge in [-0.1, -0.05) is 26.0 Å². The van der Waals surface area contributed by atoms with Crippen LogP contribution in [0.4, 0.5) is 0 Å². The molecular weight excluding hydrogens is 480 g/mol. The highest BCUT2D eigenvalue weighted by Crippen LogP contribution is 2.35. The van der Waals surface area contributed by atoms with Crippen LogP contribution in [0.25, 0.3) is 0 Å². The molecule has 1 saturated heterocycles. The van der Waals surface area contributed by atoms with Gasteiger partial charge in [0.15, 0.2) is 12.2 Å². The van der Waals surface area contributed by atoms with Crippen LogP contribution in [0.2, 0.25) is 0 Å². The SMILES string of the molecule is CC(=O)OC[C@H]1O[C@@H](SC(C)C)[C@H](NN2C(=O)c3ccccc3C2=O)[C@@H](OC(C)=O)[C@@H]1OC(C)=O. The number of fused-ring (bicyclic) bond motifs is 1. The summed E-state index contributed by atoms with van der Waals surface area (Å²) in [6, 6.07) is 5.38. The van der Waals surface area contributed by atoms with Crippen molar-refractivity contribution in [3.05, 3.63) is 35.4 Å². The van der Waals surface area contributed by atoms with E-state index in [4.69, 9.17) is 18.9 Å². The van der Waals surface area contributed by atoms with Gasteiger partial charge >= 0.3 is 17.9 Å². The predicted octanol–water partition coefficient (Wildman–Crippen LogP) is 1.45. The number of thioether (sulfide) groups is 1. The number of nitrogens with zero attached hydrogens (tertiary/aromatic N) is 1. The van der Waals surface area contributed by atoms with Gasteiger partial charge in [0, 0.05) is 26.0 Å². The molecule has 190 valence electrons. The minimum atomic E-state index is -1.19. The van der Waals surface area contributed by atoms with E-state index < -0.39 is 59.5 Å². The van der Waals surface area contributed by atoms with E-state index in [0.717, 1.165) is 5.01 Å². The number of ether oxygens (including phenoxy) is 4. The van der Waals surface area contributed by atoms with Crippen molar-refractivity contribution in [3.63, 3.8) is 0 Å². The van der Waals surface area contributed by atoms with Gasteiger partial charge in [-0.15, -0.1) is 11.8 Å². The van der Waals surface area contributed by atoms with E-state index in [1.807, 2.05) is 13.8 Å². The van der Waals surface area contributed by atoms with Crippen LogP contribution >= 0.6 is 11.8 Å². The van der Waals surface area contributed by atoms with E-state index in [0.29, 0.717) is 0 Å². The number of hydrogen-bond acceptors (Lipinski definition) is 11. The van der Waals surface area contributed by atoms with Gasteiger partial charge in [-0.2, -0.15) is 0 Å². The summed E-state index contributed by atoms with van der Waals surface area (Å²) < 4.78 is 22.3. The highest BCUT2D eigenvalue weighted by Gasteiger charge is 2.52. The number of amides is 2. The number of hydrazine groups is 1. The molecule has 0 aliphatic carbocycles. The zero-order valence-electron chi connectivity index (χ0n) is 20.0. The minimum Gasteiger partial charge on any atom is -0.463 e. The summed E-state index contributed by atoms with van der Waals surface area (Å²) in [5.74, 6) is -3.09. The third-order valence-electron chi connectivity index (χ3n) is 5.18. The Kier molecular flexibility index (Phi) is 8.51. The smallest absolute Gasteiger partial charge is 0.303 e. The number of hydrogen-bond donors (Lipinski definition) is 1. The molecule has 0 spiro atoms. The minimum absolute atomic E-state index is 0.0177. The summed E-state index contributed by atoms with van der Waals surface area (Å²) in [7, 11) is 0. The van der Waals surface area contributed by atoms with Crippen LogP contribution in [0.15, 0.2) is 24.3 Å². The molecule has 1 N–H and O–H groups in total. The summed E-state index contributed by atoms with van der Waals surface area (Å²) in [4.78, 5) is 61.4. The Morgan fingerprint density at radius 2 is 1.51 bits per heavy atom. The lowest BCUT2D eigenvalue weighted by molar-refractivity contribution is -0.214. The van der Waals surface area contributed by atoms with Crippen molar-refractivity contribution in [2.45, 2.75) is 69.7 Å². The molecule has 35 heavy (non-hydrogen) atoms. The van der Waals surface area contributed by atoms with Crippen LogP contribution in [-0.4, -0.2) is 76.4 Å². The molecule has 1 aromatic carbocycles. The van der Waals surface area contributed by atoms with Gasteiger partial charge in [0.25, 0.3) is 11.8 Å². The standard InChI is InChI=1S/C23H28N2O9S/c1-11(2)35-23-18(24-25-21(29)15-8-6-7-9-16(15)22(25)30)20(33-14(5)28)19(32-13(4)27)17(34-23)10-31-12(3)26/h6-9,11,17-20,23-24H,10H2,1-5H3/t17-,18-,19-,20-,23+/m1/s1. The average molecular weight is 509 g/mol. The maximum atomic E-state index is 13.0. The predicted molar refractivity (Wildman–Crippen MR) is 123 cm³/mol. The molecule has 1 fully saturated rings. The Labute approximate surface area is 206 Å². The van der Waals surface area contributed by atoms with E-state index in [-0.39, 0.29) is 23.0 Å². The van der Waals surface area contributed by atoms with Gasteiger partial charge in [-0.05, 0) is 12.1 Å². The molecule has 2 aliphatic rings. The van der Waals surface area contributed by atoms with Crippen LogP contribution in [0.5, 0.6) is 0 Å². The van der Waals surface area contributed by atoms with Crippen molar-refractivity contribution < 1.29 is 42.9 Å². The van der Waals surface area contributed by atoms with Crippen molar-refractivity contribution in [1.29, 1.82) is 0 Å². The largest absolute Gasteiger partial charge is 0.463 e. The Balaban J connectivity index is 1.99. The molecular formula is C23H28N2O9S. The summed E-state index contributed by atoms with van der Waals surface area (Å²) >= 11 is 1.34. The monoisotopic (exact) mass is 508 g/mol. The van der Waals surface area contributed by atoms with Crippen molar-refractivity contribution in [2.75, 3.05) is 6.61 Å². The van der Waals surface area contributed by atoms with Gasteiger partial charge in [0.2, 0.25) is 0 Å². The van der Waals surface area contributed by atoms with E-state index in [2.05, 4.69) is 5.43 Å². The molecule has 11 nitrogen and oxygen atoms in total. The molecule has 0 saturated carbocycles. The number of benzene rings is 1. The molecule has 0 aromatic heterocycles. The average Bonchev–Trinajstić information content (AvgIpc) is 3.00. The van der Waals surface area contributed by atoms with Crippen molar-refractivity contribution in [1.82, 2.24) is 10.4 Å². The lowest BCUT2D eigenvalue weighted by Gasteiger charge is -2.46. The number of rotatable bonds is 8. The molecule has 0 unspecified atom stereocenters. The molecule has 0 radical (unpaired) electrons. The number of carbonyl (C=O) groups excluding carboxylic acids is 5. The zero-order chi connectivity index (χ0) is 25.9. The highest BCUT2D eigenvalue weighted by atomic mass is 32.2. The van der Waals surface area contributed by atoms with Crippen LogP contribution in [-0.2, 0) is 33.3 Å². The molecule has 3 rings (SSSR count).